The Morgan fingerprint density at radius 3 is 2.72 bits per heavy atom. The van der Waals surface area contributed by atoms with Gasteiger partial charge in [-0.05, 0) is 47.5 Å². The van der Waals surface area contributed by atoms with Crippen LogP contribution in [0.15, 0.2) is 48.5 Å². The van der Waals surface area contributed by atoms with Crippen molar-refractivity contribution < 1.29 is 13.9 Å². The van der Waals surface area contributed by atoms with E-state index in [4.69, 9.17) is 4.74 Å². The maximum absolute atomic E-state index is 12.9. The van der Waals surface area contributed by atoms with Crippen molar-refractivity contribution in [3.8, 4) is 11.4 Å². The molecule has 7 nitrogen and oxygen atoms in total. The summed E-state index contributed by atoms with van der Waals surface area (Å²) in [6, 6.07) is 13.2. The number of carbonyl (C=O) groups excluding carboxylic acids is 1. The molecule has 1 N–H and O–H groups in total. The number of carbonyl (C=O) groups is 1. The highest BCUT2D eigenvalue weighted by molar-refractivity contribution is 5.90. The van der Waals surface area contributed by atoms with E-state index >= 15 is 0 Å². The van der Waals surface area contributed by atoms with E-state index in [2.05, 4.69) is 20.7 Å². The number of hydrogen-bond acceptors (Lipinski definition) is 5. The number of methoxy groups -OCH3 is 1. The number of rotatable bonds is 6. The second-order valence-corrected chi connectivity index (χ2v) is 5.20. The number of hydrogen-bond donors (Lipinski definition) is 1. The molecule has 0 aliphatic heterocycles. The number of halogens is 1. The molecule has 8 heteroatoms. The SMILES string of the molecule is COc1ccccc1CCNC(=O)c1nnn(-c2ccc(F)cc2)n1. The summed E-state index contributed by atoms with van der Waals surface area (Å²) >= 11 is 0. The van der Waals surface area contributed by atoms with Crippen molar-refractivity contribution in [1.82, 2.24) is 25.5 Å². The van der Waals surface area contributed by atoms with Crippen LogP contribution in [0.4, 0.5) is 4.39 Å². The molecule has 3 rings (SSSR count). The summed E-state index contributed by atoms with van der Waals surface area (Å²) in [6.07, 6.45) is 0.613. The predicted molar refractivity (Wildman–Crippen MR) is 88.1 cm³/mol. The Morgan fingerprint density at radius 2 is 1.96 bits per heavy atom. The van der Waals surface area contributed by atoms with Crippen LogP contribution in [-0.4, -0.2) is 39.8 Å². The third-order valence-corrected chi connectivity index (χ3v) is 3.55. The largest absolute Gasteiger partial charge is 0.496 e. The summed E-state index contributed by atoms with van der Waals surface area (Å²) in [4.78, 5) is 13.3. The van der Waals surface area contributed by atoms with Crippen LogP contribution in [-0.2, 0) is 6.42 Å². The van der Waals surface area contributed by atoms with Crippen molar-refractivity contribution in [2.45, 2.75) is 6.42 Å². The maximum atomic E-state index is 12.9. The average Bonchev–Trinajstić information content (AvgIpc) is 3.13. The molecular weight excluding hydrogens is 325 g/mol. The maximum Gasteiger partial charge on any atom is 0.292 e. The average molecular weight is 341 g/mol. The van der Waals surface area contributed by atoms with Crippen molar-refractivity contribution in [2.75, 3.05) is 13.7 Å². The van der Waals surface area contributed by atoms with Crippen LogP contribution < -0.4 is 10.1 Å². The zero-order valence-corrected chi connectivity index (χ0v) is 13.5. The van der Waals surface area contributed by atoms with E-state index in [0.717, 1.165) is 11.3 Å². The number of nitrogens with one attached hydrogen (secondary N) is 1. The molecule has 0 bridgehead atoms. The summed E-state index contributed by atoms with van der Waals surface area (Å²) < 4.78 is 18.2. The van der Waals surface area contributed by atoms with Crippen LogP contribution in [0.3, 0.4) is 0 Å². The van der Waals surface area contributed by atoms with Crippen LogP contribution in [0, 0.1) is 5.82 Å². The summed E-state index contributed by atoms with van der Waals surface area (Å²) in [6.45, 7) is 0.407. The van der Waals surface area contributed by atoms with Gasteiger partial charge in [-0.15, -0.1) is 15.0 Å². The highest BCUT2D eigenvalue weighted by atomic mass is 19.1. The lowest BCUT2D eigenvalue weighted by Gasteiger charge is -2.08. The molecule has 0 radical (unpaired) electrons. The summed E-state index contributed by atoms with van der Waals surface area (Å²) in [5.74, 6) is -0.0667. The van der Waals surface area contributed by atoms with Crippen LogP contribution in [0.2, 0.25) is 0 Å². The molecule has 25 heavy (non-hydrogen) atoms. The minimum Gasteiger partial charge on any atom is -0.496 e. The summed E-state index contributed by atoms with van der Waals surface area (Å²) in [5, 5.41) is 14.3. The molecule has 0 saturated heterocycles. The lowest BCUT2D eigenvalue weighted by atomic mass is 10.1. The Labute approximate surface area is 143 Å². The van der Waals surface area contributed by atoms with E-state index in [0.29, 0.717) is 18.7 Å². The fourth-order valence-electron chi connectivity index (χ4n) is 2.29. The standard InChI is InChI=1S/C17H16FN5O2/c1-25-15-5-3-2-4-12(15)10-11-19-17(24)16-20-22-23(21-16)14-8-6-13(18)7-9-14/h2-9H,10-11H2,1H3,(H,19,24). The number of tetrazole rings is 1. The fraction of sp³-hybridized carbons (Fsp3) is 0.176. The number of ether oxygens (including phenoxy) is 1. The Bertz CT molecular complexity index is 863. The van der Waals surface area contributed by atoms with E-state index in [9.17, 15) is 9.18 Å². The molecule has 1 aromatic heterocycles. The molecule has 0 fully saturated rings. The minimum absolute atomic E-state index is 0.0515. The van der Waals surface area contributed by atoms with Gasteiger partial charge in [0.2, 0.25) is 0 Å². The molecule has 1 heterocycles. The van der Waals surface area contributed by atoms with Crippen molar-refractivity contribution in [2.24, 2.45) is 0 Å². The van der Waals surface area contributed by atoms with Crippen LogP contribution in [0.25, 0.3) is 5.69 Å². The molecule has 1 amide bonds. The third-order valence-electron chi connectivity index (χ3n) is 3.55. The first-order valence-electron chi connectivity index (χ1n) is 7.63. The van der Waals surface area contributed by atoms with Crippen LogP contribution in [0.5, 0.6) is 5.75 Å². The Morgan fingerprint density at radius 1 is 1.20 bits per heavy atom. The first-order chi connectivity index (χ1) is 12.2. The lowest BCUT2D eigenvalue weighted by Crippen LogP contribution is -2.27. The van der Waals surface area contributed by atoms with E-state index in [-0.39, 0.29) is 11.6 Å². The molecule has 2 aromatic carbocycles. The molecular formula is C17H16FN5O2. The van der Waals surface area contributed by atoms with Gasteiger partial charge in [-0.2, -0.15) is 0 Å². The van der Waals surface area contributed by atoms with Crippen LogP contribution >= 0.6 is 0 Å². The quantitative estimate of drug-likeness (QED) is 0.739. The van der Waals surface area contributed by atoms with E-state index in [1.54, 1.807) is 7.11 Å². The van der Waals surface area contributed by atoms with Crippen molar-refractivity contribution in [1.29, 1.82) is 0 Å². The molecule has 0 saturated carbocycles. The van der Waals surface area contributed by atoms with Gasteiger partial charge in [0.05, 0.1) is 12.8 Å². The molecule has 3 aromatic rings. The zero-order valence-electron chi connectivity index (χ0n) is 13.5. The second kappa shape index (κ2) is 7.52. The molecule has 0 aliphatic carbocycles. The van der Waals surface area contributed by atoms with Crippen molar-refractivity contribution in [3.05, 3.63) is 65.7 Å². The monoisotopic (exact) mass is 341 g/mol. The van der Waals surface area contributed by atoms with Gasteiger partial charge in [-0.1, -0.05) is 18.2 Å². The van der Waals surface area contributed by atoms with Crippen molar-refractivity contribution in [3.63, 3.8) is 0 Å². The van der Waals surface area contributed by atoms with E-state index in [1.807, 2.05) is 24.3 Å². The normalized spacial score (nSPS) is 10.5. The summed E-state index contributed by atoms with van der Waals surface area (Å²) in [7, 11) is 1.61. The van der Waals surface area contributed by atoms with E-state index < -0.39 is 5.91 Å². The first kappa shape index (κ1) is 16.6. The molecule has 0 spiro atoms. The smallest absolute Gasteiger partial charge is 0.292 e. The Balaban J connectivity index is 1.59. The Hall–Kier alpha value is -3.29. The van der Waals surface area contributed by atoms with E-state index in [1.165, 1.54) is 29.1 Å². The highest BCUT2D eigenvalue weighted by Gasteiger charge is 2.13. The number of para-hydroxylation sites is 1. The topological polar surface area (TPSA) is 81.9 Å². The number of amides is 1. The van der Waals surface area contributed by atoms with Gasteiger partial charge in [0.15, 0.2) is 0 Å². The first-order valence-corrected chi connectivity index (χ1v) is 7.63. The molecule has 0 atom stereocenters. The van der Waals surface area contributed by atoms with Gasteiger partial charge in [-0.3, -0.25) is 4.79 Å². The second-order valence-electron chi connectivity index (χ2n) is 5.20. The van der Waals surface area contributed by atoms with Gasteiger partial charge in [-0.25, -0.2) is 4.39 Å². The molecule has 128 valence electrons. The lowest BCUT2D eigenvalue weighted by molar-refractivity contribution is 0.0943. The van der Waals surface area contributed by atoms with Gasteiger partial charge >= 0.3 is 0 Å². The van der Waals surface area contributed by atoms with Gasteiger partial charge < -0.3 is 10.1 Å². The predicted octanol–water partition coefficient (Wildman–Crippen LogP) is 1.78. The number of nitrogens with zero attached hydrogens (tertiary/aromatic N) is 4. The van der Waals surface area contributed by atoms with Gasteiger partial charge in [0, 0.05) is 6.54 Å². The number of benzene rings is 2. The molecule has 0 aliphatic rings. The third kappa shape index (κ3) is 3.97. The fourth-order valence-corrected chi connectivity index (χ4v) is 2.29. The van der Waals surface area contributed by atoms with Crippen molar-refractivity contribution >= 4 is 5.91 Å². The minimum atomic E-state index is -0.428. The van der Waals surface area contributed by atoms with Gasteiger partial charge in [0.1, 0.15) is 11.6 Å². The zero-order chi connectivity index (χ0) is 17.6. The number of aromatic nitrogens is 4. The molecule has 0 unspecified atom stereocenters. The highest BCUT2D eigenvalue weighted by Crippen LogP contribution is 2.17. The van der Waals surface area contributed by atoms with Crippen LogP contribution in [0.1, 0.15) is 16.2 Å². The van der Waals surface area contributed by atoms with Gasteiger partial charge in [0.25, 0.3) is 11.7 Å². The summed E-state index contributed by atoms with van der Waals surface area (Å²) in [5.41, 5.74) is 1.51. The Kier molecular flexibility index (Phi) is 4.98.